The molecule has 0 spiro atoms. The molecule has 0 bridgehead atoms. The summed E-state index contributed by atoms with van der Waals surface area (Å²) in [6.07, 6.45) is 0.923. The van der Waals surface area contributed by atoms with E-state index in [4.69, 9.17) is 4.74 Å². The van der Waals surface area contributed by atoms with Crippen molar-refractivity contribution in [3.8, 4) is 0 Å². The zero-order chi connectivity index (χ0) is 18.2. The standard InChI is InChI=1S/C20H22FNO3/c1-3-14(2)20(24)25-13-16-6-10-18(11-7-16)22-19(23)12-15-4-8-17(21)9-5-15/h4-11,14H,3,12-13H2,1-2H3,(H,22,23). The van der Waals surface area contributed by atoms with Crippen molar-refractivity contribution in [1.29, 1.82) is 0 Å². The number of esters is 1. The molecule has 1 atom stereocenters. The Morgan fingerprint density at radius 3 is 2.24 bits per heavy atom. The fourth-order valence-corrected chi connectivity index (χ4v) is 2.14. The fraction of sp³-hybridized carbons (Fsp3) is 0.300. The molecule has 5 heteroatoms. The first-order valence-corrected chi connectivity index (χ1v) is 8.27. The van der Waals surface area contributed by atoms with Gasteiger partial charge in [-0.25, -0.2) is 4.39 Å². The maximum absolute atomic E-state index is 12.9. The third kappa shape index (κ3) is 6.03. The van der Waals surface area contributed by atoms with Crippen molar-refractivity contribution >= 4 is 17.6 Å². The predicted molar refractivity (Wildman–Crippen MR) is 94.4 cm³/mol. The van der Waals surface area contributed by atoms with Crippen molar-refractivity contribution in [2.45, 2.75) is 33.3 Å². The summed E-state index contributed by atoms with van der Waals surface area (Å²) in [4.78, 5) is 23.7. The smallest absolute Gasteiger partial charge is 0.308 e. The lowest BCUT2D eigenvalue weighted by Gasteiger charge is -2.10. The van der Waals surface area contributed by atoms with Crippen LogP contribution in [-0.2, 0) is 27.4 Å². The van der Waals surface area contributed by atoms with Crippen LogP contribution in [0.4, 0.5) is 10.1 Å². The average molecular weight is 343 g/mol. The van der Waals surface area contributed by atoms with E-state index in [1.54, 1.807) is 36.4 Å². The molecule has 0 heterocycles. The summed E-state index contributed by atoms with van der Waals surface area (Å²) in [5, 5.41) is 2.78. The highest BCUT2D eigenvalue weighted by atomic mass is 19.1. The summed E-state index contributed by atoms with van der Waals surface area (Å²) in [7, 11) is 0. The van der Waals surface area contributed by atoms with E-state index >= 15 is 0 Å². The van der Waals surface area contributed by atoms with Gasteiger partial charge >= 0.3 is 5.97 Å². The number of ether oxygens (including phenoxy) is 1. The second-order valence-corrected chi connectivity index (χ2v) is 5.97. The molecule has 0 radical (unpaired) electrons. The molecule has 0 fully saturated rings. The molecule has 0 saturated heterocycles. The minimum Gasteiger partial charge on any atom is -0.461 e. The summed E-state index contributed by atoms with van der Waals surface area (Å²) in [6, 6.07) is 13.0. The molecular formula is C20H22FNO3. The van der Waals surface area contributed by atoms with Crippen LogP contribution in [0.1, 0.15) is 31.4 Å². The Balaban J connectivity index is 1.84. The number of carbonyl (C=O) groups excluding carboxylic acids is 2. The number of anilines is 1. The molecular weight excluding hydrogens is 321 g/mol. The molecule has 1 amide bonds. The largest absolute Gasteiger partial charge is 0.461 e. The van der Waals surface area contributed by atoms with Crippen LogP contribution in [0.3, 0.4) is 0 Å². The number of benzene rings is 2. The molecule has 0 saturated carbocycles. The van der Waals surface area contributed by atoms with E-state index in [2.05, 4.69) is 5.32 Å². The Hall–Kier alpha value is -2.69. The Labute approximate surface area is 147 Å². The number of hydrogen-bond donors (Lipinski definition) is 1. The van der Waals surface area contributed by atoms with E-state index < -0.39 is 0 Å². The number of hydrogen-bond acceptors (Lipinski definition) is 3. The first kappa shape index (κ1) is 18.6. The van der Waals surface area contributed by atoms with E-state index in [1.807, 2.05) is 13.8 Å². The lowest BCUT2D eigenvalue weighted by molar-refractivity contribution is -0.149. The third-order valence-electron chi connectivity index (χ3n) is 3.91. The van der Waals surface area contributed by atoms with Gasteiger partial charge in [0, 0.05) is 5.69 Å². The van der Waals surface area contributed by atoms with E-state index in [1.165, 1.54) is 12.1 Å². The highest BCUT2D eigenvalue weighted by Crippen LogP contribution is 2.13. The Morgan fingerprint density at radius 2 is 1.64 bits per heavy atom. The summed E-state index contributed by atoms with van der Waals surface area (Å²) in [6.45, 7) is 3.99. The minimum absolute atomic E-state index is 0.106. The minimum atomic E-state index is -0.325. The first-order valence-electron chi connectivity index (χ1n) is 8.27. The van der Waals surface area contributed by atoms with Crippen LogP contribution in [0.15, 0.2) is 48.5 Å². The molecule has 132 valence electrons. The molecule has 4 nitrogen and oxygen atoms in total. The Morgan fingerprint density at radius 1 is 1.04 bits per heavy atom. The third-order valence-corrected chi connectivity index (χ3v) is 3.91. The van der Waals surface area contributed by atoms with Crippen LogP contribution in [0.2, 0.25) is 0 Å². The normalized spacial score (nSPS) is 11.6. The van der Waals surface area contributed by atoms with Gasteiger partial charge in [0.1, 0.15) is 12.4 Å². The number of amides is 1. The molecule has 1 unspecified atom stereocenters. The zero-order valence-electron chi connectivity index (χ0n) is 14.4. The fourth-order valence-electron chi connectivity index (χ4n) is 2.14. The van der Waals surface area contributed by atoms with Crippen molar-refractivity contribution in [2.75, 3.05) is 5.32 Å². The summed E-state index contributed by atoms with van der Waals surface area (Å²) < 4.78 is 18.1. The van der Waals surface area contributed by atoms with E-state index in [0.29, 0.717) is 5.69 Å². The average Bonchev–Trinajstić information content (AvgIpc) is 2.62. The van der Waals surface area contributed by atoms with E-state index in [9.17, 15) is 14.0 Å². The number of rotatable bonds is 7. The number of carbonyl (C=O) groups is 2. The highest BCUT2D eigenvalue weighted by Gasteiger charge is 2.11. The molecule has 0 aliphatic rings. The molecule has 0 aromatic heterocycles. The van der Waals surface area contributed by atoms with Gasteiger partial charge in [-0.15, -0.1) is 0 Å². The van der Waals surface area contributed by atoms with Crippen molar-refractivity contribution in [3.05, 3.63) is 65.5 Å². The van der Waals surface area contributed by atoms with E-state index in [-0.39, 0.29) is 36.6 Å². The maximum Gasteiger partial charge on any atom is 0.308 e. The van der Waals surface area contributed by atoms with Crippen molar-refractivity contribution in [2.24, 2.45) is 5.92 Å². The van der Waals surface area contributed by atoms with Gasteiger partial charge in [-0.3, -0.25) is 9.59 Å². The maximum atomic E-state index is 12.9. The quantitative estimate of drug-likeness (QED) is 0.770. The van der Waals surface area contributed by atoms with Gasteiger partial charge < -0.3 is 10.1 Å². The molecule has 2 aromatic rings. The lowest BCUT2D eigenvalue weighted by atomic mass is 10.1. The van der Waals surface area contributed by atoms with Crippen LogP contribution in [0.25, 0.3) is 0 Å². The highest BCUT2D eigenvalue weighted by molar-refractivity contribution is 5.92. The van der Waals surface area contributed by atoms with Gasteiger partial charge in [0.2, 0.25) is 5.91 Å². The monoisotopic (exact) mass is 343 g/mol. The SMILES string of the molecule is CCC(C)C(=O)OCc1ccc(NC(=O)Cc2ccc(F)cc2)cc1. The van der Waals surface area contributed by atoms with Crippen LogP contribution >= 0.6 is 0 Å². The predicted octanol–water partition coefficient (Wildman–Crippen LogP) is 4.10. The summed E-state index contributed by atoms with van der Waals surface area (Å²) >= 11 is 0. The van der Waals surface area contributed by atoms with Gasteiger partial charge in [0.25, 0.3) is 0 Å². The lowest BCUT2D eigenvalue weighted by Crippen LogP contribution is -2.15. The van der Waals surface area contributed by atoms with Gasteiger partial charge in [-0.2, -0.15) is 0 Å². The molecule has 0 aliphatic heterocycles. The van der Waals surface area contributed by atoms with E-state index in [0.717, 1.165) is 17.5 Å². The Bertz CT molecular complexity index is 711. The van der Waals surface area contributed by atoms with Gasteiger partial charge in [0.05, 0.1) is 12.3 Å². The molecule has 2 rings (SSSR count). The van der Waals surface area contributed by atoms with Gasteiger partial charge in [-0.1, -0.05) is 38.1 Å². The second kappa shape index (κ2) is 8.97. The van der Waals surface area contributed by atoms with Crippen LogP contribution < -0.4 is 5.32 Å². The molecule has 25 heavy (non-hydrogen) atoms. The first-order chi connectivity index (χ1) is 12.0. The van der Waals surface area contributed by atoms with Gasteiger partial charge in [0.15, 0.2) is 0 Å². The van der Waals surface area contributed by atoms with Crippen molar-refractivity contribution < 1.29 is 18.7 Å². The summed E-state index contributed by atoms with van der Waals surface area (Å²) in [5.41, 5.74) is 2.25. The number of halogens is 1. The molecule has 2 aromatic carbocycles. The molecule has 1 N–H and O–H groups in total. The Kier molecular flexibility index (Phi) is 6.69. The van der Waals surface area contributed by atoms with Gasteiger partial charge in [-0.05, 0) is 41.8 Å². The van der Waals surface area contributed by atoms with Crippen LogP contribution in [-0.4, -0.2) is 11.9 Å². The van der Waals surface area contributed by atoms with Crippen molar-refractivity contribution in [1.82, 2.24) is 0 Å². The zero-order valence-corrected chi connectivity index (χ0v) is 14.4. The van der Waals surface area contributed by atoms with Crippen LogP contribution in [0, 0.1) is 11.7 Å². The molecule has 0 aliphatic carbocycles. The number of nitrogens with one attached hydrogen (secondary N) is 1. The topological polar surface area (TPSA) is 55.4 Å². The van der Waals surface area contributed by atoms with Crippen LogP contribution in [0.5, 0.6) is 0 Å². The summed E-state index contributed by atoms with van der Waals surface area (Å²) in [5.74, 6) is -0.819. The second-order valence-electron chi connectivity index (χ2n) is 5.97. The van der Waals surface area contributed by atoms with Crippen molar-refractivity contribution in [3.63, 3.8) is 0 Å².